The number of hydrogen-bond donors (Lipinski definition) is 2. The molecule has 4 heteroatoms. The fraction of sp³-hybridized carbons (Fsp3) is 0.571. The predicted octanol–water partition coefficient (Wildman–Crippen LogP) is 3.44. The quantitative estimate of drug-likeness (QED) is 0.796. The van der Waals surface area contributed by atoms with E-state index in [0.717, 1.165) is 22.8 Å². The molecule has 2 heterocycles. The third-order valence-corrected chi connectivity index (χ3v) is 3.86. The van der Waals surface area contributed by atoms with Gasteiger partial charge in [0.2, 0.25) is 0 Å². The summed E-state index contributed by atoms with van der Waals surface area (Å²) in [4.78, 5) is 12.6. The van der Waals surface area contributed by atoms with Crippen LogP contribution in [0.5, 0.6) is 0 Å². The van der Waals surface area contributed by atoms with Crippen molar-refractivity contribution in [2.75, 3.05) is 12.4 Å². The van der Waals surface area contributed by atoms with Crippen LogP contribution in [0.2, 0.25) is 0 Å². The zero-order valence-electron chi connectivity index (χ0n) is 10.9. The molecule has 18 heavy (non-hydrogen) atoms. The Bertz CT molecular complexity index is 524. The highest BCUT2D eigenvalue weighted by atomic mass is 15.0. The first kappa shape index (κ1) is 11.5. The molecule has 0 spiro atoms. The van der Waals surface area contributed by atoms with Crippen molar-refractivity contribution in [3.63, 3.8) is 0 Å². The second kappa shape index (κ2) is 4.96. The normalized spacial score (nSPS) is 17.8. The summed E-state index contributed by atoms with van der Waals surface area (Å²) in [6.07, 6.45) is 7.93. The van der Waals surface area contributed by atoms with E-state index in [-0.39, 0.29) is 0 Å². The van der Waals surface area contributed by atoms with Crippen molar-refractivity contribution in [2.45, 2.75) is 44.4 Å². The summed E-state index contributed by atoms with van der Waals surface area (Å²) in [7, 11) is 1.88. The fourth-order valence-electron chi connectivity index (χ4n) is 2.80. The van der Waals surface area contributed by atoms with Crippen molar-refractivity contribution in [1.29, 1.82) is 0 Å². The number of aromatic amines is 1. The Hall–Kier alpha value is -1.58. The molecule has 0 radical (unpaired) electrons. The molecular formula is C14H20N4. The topological polar surface area (TPSA) is 53.6 Å². The SMILES string of the molecule is CNc1ccc2[nH]c(C3CCCCCC3)nc2n1. The van der Waals surface area contributed by atoms with E-state index in [0.29, 0.717) is 5.92 Å². The highest BCUT2D eigenvalue weighted by Crippen LogP contribution is 2.30. The minimum absolute atomic E-state index is 0.597. The van der Waals surface area contributed by atoms with Crippen LogP contribution >= 0.6 is 0 Å². The molecule has 3 rings (SSSR count). The Morgan fingerprint density at radius 1 is 1.11 bits per heavy atom. The Balaban J connectivity index is 1.91. The van der Waals surface area contributed by atoms with Gasteiger partial charge in [-0.3, -0.25) is 0 Å². The number of fused-ring (bicyclic) bond motifs is 1. The van der Waals surface area contributed by atoms with Gasteiger partial charge in [0.25, 0.3) is 0 Å². The molecule has 2 N–H and O–H groups in total. The zero-order valence-corrected chi connectivity index (χ0v) is 10.9. The maximum atomic E-state index is 4.68. The highest BCUT2D eigenvalue weighted by Gasteiger charge is 2.18. The largest absolute Gasteiger partial charge is 0.373 e. The number of nitrogens with one attached hydrogen (secondary N) is 2. The lowest BCUT2D eigenvalue weighted by atomic mass is 10.00. The van der Waals surface area contributed by atoms with Crippen LogP contribution in [0, 0.1) is 0 Å². The van der Waals surface area contributed by atoms with Crippen molar-refractivity contribution in [3.8, 4) is 0 Å². The van der Waals surface area contributed by atoms with Crippen LogP contribution in [0.25, 0.3) is 11.2 Å². The summed E-state index contributed by atoms with van der Waals surface area (Å²) in [6.45, 7) is 0. The van der Waals surface area contributed by atoms with Crippen molar-refractivity contribution < 1.29 is 0 Å². The summed E-state index contributed by atoms with van der Waals surface area (Å²) in [5.74, 6) is 2.61. The number of imidazole rings is 1. The predicted molar refractivity (Wildman–Crippen MR) is 73.9 cm³/mol. The van der Waals surface area contributed by atoms with Crippen LogP contribution in [0.3, 0.4) is 0 Å². The molecular weight excluding hydrogens is 224 g/mol. The number of pyridine rings is 1. The van der Waals surface area contributed by atoms with Crippen molar-refractivity contribution in [2.24, 2.45) is 0 Å². The molecule has 4 nitrogen and oxygen atoms in total. The molecule has 1 aliphatic carbocycles. The van der Waals surface area contributed by atoms with Crippen LogP contribution in [0.15, 0.2) is 12.1 Å². The molecule has 1 fully saturated rings. The monoisotopic (exact) mass is 244 g/mol. The Morgan fingerprint density at radius 3 is 2.61 bits per heavy atom. The van der Waals surface area contributed by atoms with Crippen molar-refractivity contribution in [1.82, 2.24) is 15.0 Å². The van der Waals surface area contributed by atoms with E-state index in [1.54, 1.807) is 0 Å². The van der Waals surface area contributed by atoms with Gasteiger partial charge in [-0.1, -0.05) is 25.7 Å². The van der Waals surface area contributed by atoms with Gasteiger partial charge < -0.3 is 10.3 Å². The Morgan fingerprint density at radius 2 is 1.89 bits per heavy atom. The average Bonchev–Trinajstić information content (AvgIpc) is 2.63. The molecule has 0 amide bonds. The van der Waals surface area contributed by atoms with Gasteiger partial charge in [-0.05, 0) is 25.0 Å². The number of hydrogen-bond acceptors (Lipinski definition) is 3. The first-order valence-electron chi connectivity index (χ1n) is 6.91. The lowest BCUT2D eigenvalue weighted by molar-refractivity contribution is 0.567. The minimum Gasteiger partial charge on any atom is -0.373 e. The van der Waals surface area contributed by atoms with Crippen LogP contribution in [0.1, 0.15) is 50.3 Å². The maximum absolute atomic E-state index is 4.68. The number of aromatic nitrogens is 3. The molecule has 2 aromatic rings. The Labute approximate surface area is 107 Å². The first-order valence-corrected chi connectivity index (χ1v) is 6.91. The molecule has 0 aliphatic heterocycles. The second-order valence-corrected chi connectivity index (χ2v) is 5.13. The number of nitrogens with zero attached hydrogens (tertiary/aromatic N) is 2. The average molecular weight is 244 g/mol. The van der Waals surface area contributed by atoms with Crippen LogP contribution in [-0.4, -0.2) is 22.0 Å². The van der Waals surface area contributed by atoms with Gasteiger partial charge in [0.05, 0.1) is 5.52 Å². The molecule has 0 unspecified atom stereocenters. The minimum atomic E-state index is 0.597. The first-order chi connectivity index (χ1) is 8.86. The number of anilines is 1. The Kier molecular flexibility index (Phi) is 3.17. The molecule has 0 atom stereocenters. The van der Waals surface area contributed by atoms with E-state index in [4.69, 9.17) is 0 Å². The van der Waals surface area contributed by atoms with Gasteiger partial charge >= 0.3 is 0 Å². The maximum Gasteiger partial charge on any atom is 0.179 e. The number of H-pyrrole nitrogens is 1. The molecule has 1 saturated carbocycles. The molecule has 1 aliphatic rings. The van der Waals surface area contributed by atoms with E-state index >= 15 is 0 Å². The van der Waals surface area contributed by atoms with Gasteiger partial charge in [0, 0.05) is 13.0 Å². The molecule has 0 bridgehead atoms. The van der Waals surface area contributed by atoms with E-state index in [9.17, 15) is 0 Å². The molecule has 2 aromatic heterocycles. The van der Waals surface area contributed by atoms with Gasteiger partial charge in [-0.15, -0.1) is 0 Å². The van der Waals surface area contributed by atoms with Crippen molar-refractivity contribution >= 4 is 17.0 Å². The van der Waals surface area contributed by atoms with E-state index in [1.807, 2.05) is 13.1 Å². The lowest BCUT2D eigenvalue weighted by Crippen LogP contribution is -1.99. The summed E-state index contributed by atoms with van der Waals surface area (Å²) < 4.78 is 0. The highest BCUT2D eigenvalue weighted by molar-refractivity contribution is 5.73. The van der Waals surface area contributed by atoms with Crippen LogP contribution in [0.4, 0.5) is 5.82 Å². The van der Waals surface area contributed by atoms with Gasteiger partial charge in [0.15, 0.2) is 5.65 Å². The van der Waals surface area contributed by atoms with Crippen LogP contribution < -0.4 is 5.32 Å². The van der Waals surface area contributed by atoms with Gasteiger partial charge in [0.1, 0.15) is 11.6 Å². The summed E-state index contributed by atoms with van der Waals surface area (Å²) in [5, 5.41) is 3.05. The van der Waals surface area contributed by atoms with Crippen LogP contribution in [-0.2, 0) is 0 Å². The zero-order chi connectivity index (χ0) is 12.4. The molecule has 0 saturated heterocycles. The van der Waals surface area contributed by atoms with E-state index < -0.39 is 0 Å². The second-order valence-electron chi connectivity index (χ2n) is 5.13. The fourth-order valence-corrected chi connectivity index (χ4v) is 2.80. The van der Waals surface area contributed by atoms with Crippen molar-refractivity contribution in [3.05, 3.63) is 18.0 Å². The smallest absolute Gasteiger partial charge is 0.179 e. The number of rotatable bonds is 2. The summed E-state index contributed by atoms with van der Waals surface area (Å²) in [5.41, 5.74) is 1.88. The summed E-state index contributed by atoms with van der Waals surface area (Å²) >= 11 is 0. The molecule has 96 valence electrons. The third kappa shape index (κ3) is 2.19. The van der Waals surface area contributed by atoms with E-state index in [2.05, 4.69) is 26.3 Å². The standard InChI is InChI=1S/C14H20N4/c1-15-12-9-8-11-14(17-12)18-13(16-11)10-6-4-2-3-5-7-10/h8-10H,2-7H2,1H3,(H2,15,16,17,18). The lowest BCUT2D eigenvalue weighted by Gasteiger charge is -2.09. The summed E-state index contributed by atoms with van der Waals surface area (Å²) in [6, 6.07) is 4.04. The third-order valence-electron chi connectivity index (χ3n) is 3.86. The van der Waals surface area contributed by atoms with Gasteiger partial charge in [-0.25, -0.2) is 9.97 Å². The van der Waals surface area contributed by atoms with Gasteiger partial charge in [-0.2, -0.15) is 0 Å². The molecule has 0 aromatic carbocycles. The van der Waals surface area contributed by atoms with E-state index in [1.165, 1.54) is 38.5 Å².